The number of nitrogens with zero attached hydrogens (tertiary/aromatic N) is 3. The number of hydrogen-bond acceptors (Lipinski definition) is 3. The van der Waals surface area contributed by atoms with Crippen LogP contribution in [-0.2, 0) is 18.4 Å². The lowest BCUT2D eigenvalue weighted by Gasteiger charge is -2.17. The van der Waals surface area contributed by atoms with Gasteiger partial charge in [-0.2, -0.15) is 5.10 Å². The number of carbonyl (C=O) groups excluding carboxylic acids is 1. The second-order valence-corrected chi connectivity index (χ2v) is 5.68. The molecule has 2 aromatic heterocycles. The average molecular weight is 296 g/mol. The molecule has 1 aliphatic carbocycles. The minimum absolute atomic E-state index is 0.111. The summed E-state index contributed by atoms with van der Waals surface area (Å²) in [4.78, 5) is 16.4. The topological polar surface area (TPSA) is 59.8 Å². The van der Waals surface area contributed by atoms with E-state index in [2.05, 4.69) is 27.6 Å². The predicted molar refractivity (Wildman–Crippen MR) is 84.8 cm³/mol. The molecule has 0 bridgehead atoms. The summed E-state index contributed by atoms with van der Waals surface area (Å²) in [5.74, 6) is 0.246. The lowest BCUT2D eigenvalue weighted by atomic mass is 9.93. The summed E-state index contributed by atoms with van der Waals surface area (Å²) < 4.78 is 1.76. The molecule has 0 fully saturated rings. The van der Waals surface area contributed by atoms with Gasteiger partial charge in [-0.1, -0.05) is 12.2 Å². The average Bonchev–Trinajstić information content (AvgIpc) is 3.00. The summed E-state index contributed by atoms with van der Waals surface area (Å²) in [7, 11) is 1.89. The maximum absolute atomic E-state index is 12.2. The summed E-state index contributed by atoms with van der Waals surface area (Å²) in [6.45, 7) is 0.514. The number of aromatic nitrogens is 3. The maximum Gasteiger partial charge on any atom is 0.223 e. The van der Waals surface area contributed by atoms with Gasteiger partial charge in [0.1, 0.15) is 0 Å². The third-order valence-corrected chi connectivity index (χ3v) is 3.94. The van der Waals surface area contributed by atoms with Crippen molar-refractivity contribution in [1.82, 2.24) is 20.1 Å². The lowest BCUT2D eigenvalue weighted by Crippen LogP contribution is -2.30. The van der Waals surface area contributed by atoms with Crippen LogP contribution in [0.15, 0.2) is 43.0 Å². The van der Waals surface area contributed by atoms with E-state index in [1.165, 1.54) is 0 Å². The molecular weight excluding hydrogens is 276 g/mol. The first-order valence-corrected chi connectivity index (χ1v) is 7.58. The molecule has 0 saturated heterocycles. The molecule has 114 valence electrons. The van der Waals surface area contributed by atoms with Crippen molar-refractivity contribution >= 4 is 5.91 Å². The highest BCUT2D eigenvalue weighted by molar-refractivity contribution is 5.79. The maximum atomic E-state index is 12.2. The summed E-state index contributed by atoms with van der Waals surface area (Å²) in [6.07, 6.45) is 14.4. The number of amides is 1. The Hall–Kier alpha value is -2.43. The summed E-state index contributed by atoms with van der Waals surface area (Å²) in [5, 5.41) is 7.19. The number of rotatable bonds is 4. The van der Waals surface area contributed by atoms with Crippen molar-refractivity contribution < 1.29 is 4.79 Å². The zero-order valence-electron chi connectivity index (χ0n) is 12.7. The van der Waals surface area contributed by atoms with Crippen molar-refractivity contribution in [2.45, 2.75) is 25.8 Å². The molecular formula is C17H20N4O. The Morgan fingerprint density at radius 3 is 2.95 bits per heavy atom. The molecule has 1 atom stereocenters. The fourth-order valence-corrected chi connectivity index (χ4v) is 2.68. The van der Waals surface area contributed by atoms with E-state index < -0.39 is 0 Å². The fraction of sp³-hybridized carbons (Fsp3) is 0.353. The predicted octanol–water partition coefficient (Wildman–Crippen LogP) is 2.45. The monoisotopic (exact) mass is 296 g/mol. The molecule has 2 aromatic rings. The highest BCUT2D eigenvalue weighted by atomic mass is 16.1. The van der Waals surface area contributed by atoms with Crippen molar-refractivity contribution in [3.8, 4) is 11.1 Å². The Kier molecular flexibility index (Phi) is 4.32. The molecule has 1 unspecified atom stereocenters. The summed E-state index contributed by atoms with van der Waals surface area (Å²) in [5.41, 5.74) is 3.04. The van der Waals surface area contributed by atoms with Gasteiger partial charge in [0.05, 0.1) is 6.20 Å². The van der Waals surface area contributed by atoms with Crippen LogP contribution in [0.4, 0.5) is 0 Å². The highest BCUT2D eigenvalue weighted by Crippen LogP contribution is 2.20. The Labute approximate surface area is 130 Å². The van der Waals surface area contributed by atoms with E-state index >= 15 is 0 Å². The summed E-state index contributed by atoms with van der Waals surface area (Å²) >= 11 is 0. The van der Waals surface area contributed by atoms with E-state index in [0.29, 0.717) is 6.54 Å². The lowest BCUT2D eigenvalue weighted by molar-refractivity contribution is -0.125. The van der Waals surface area contributed by atoms with E-state index in [-0.39, 0.29) is 11.8 Å². The molecule has 1 N–H and O–H groups in total. The molecule has 0 saturated carbocycles. The van der Waals surface area contributed by atoms with Gasteiger partial charge in [0.25, 0.3) is 0 Å². The Morgan fingerprint density at radius 2 is 2.23 bits per heavy atom. The second kappa shape index (κ2) is 6.56. The molecule has 0 spiro atoms. The minimum Gasteiger partial charge on any atom is -0.352 e. The third kappa shape index (κ3) is 3.42. The second-order valence-electron chi connectivity index (χ2n) is 5.68. The SMILES string of the molecule is Cn1cc(-c2cncc(CNC(=O)C3CC=CCC3)c2)cn1. The number of carbonyl (C=O) groups is 1. The number of nitrogens with one attached hydrogen (secondary N) is 1. The van der Waals surface area contributed by atoms with Gasteiger partial charge in [-0.25, -0.2) is 0 Å². The smallest absolute Gasteiger partial charge is 0.223 e. The van der Waals surface area contributed by atoms with E-state index in [9.17, 15) is 4.79 Å². The number of pyridine rings is 1. The first kappa shape index (κ1) is 14.5. The van der Waals surface area contributed by atoms with Gasteiger partial charge in [-0.15, -0.1) is 0 Å². The van der Waals surface area contributed by atoms with Gasteiger partial charge >= 0.3 is 0 Å². The van der Waals surface area contributed by atoms with Crippen LogP contribution in [0.2, 0.25) is 0 Å². The van der Waals surface area contributed by atoms with Crippen molar-refractivity contribution in [3.63, 3.8) is 0 Å². The Balaban J connectivity index is 1.63. The fourth-order valence-electron chi connectivity index (χ4n) is 2.68. The van der Waals surface area contributed by atoms with E-state index in [4.69, 9.17) is 0 Å². The van der Waals surface area contributed by atoms with Gasteiger partial charge in [-0.3, -0.25) is 14.5 Å². The molecule has 3 rings (SSSR count). The van der Waals surface area contributed by atoms with Gasteiger partial charge in [-0.05, 0) is 30.9 Å². The van der Waals surface area contributed by atoms with Crippen molar-refractivity contribution in [2.75, 3.05) is 0 Å². The van der Waals surface area contributed by atoms with E-state index in [0.717, 1.165) is 36.0 Å². The van der Waals surface area contributed by atoms with Gasteiger partial charge < -0.3 is 5.32 Å². The highest BCUT2D eigenvalue weighted by Gasteiger charge is 2.18. The normalized spacial score (nSPS) is 17.4. The molecule has 0 aliphatic heterocycles. The first-order chi connectivity index (χ1) is 10.7. The third-order valence-electron chi connectivity index (χ3n) is 3.94. The standard InChI is InChI=1S/C17H20N4O/c1-21-12-16(11-20-21)15-7-13(8-18-10-15)9-19-17(22)14-5-3-2-4-6-14/h2-3,7-8,10-12,14H,4-6,9H2,1H3,(H,19,22). The molecule has 5 heteroatoms. The van der Waals surface area contributed by atoms with Gasteiger partial charge in [0.15, 0.2) is 0 Å². The van der Waals surface area contributed by atoms with Crippen molar-refractivity contribution in [2.24, 2.45) is 13.0 Å². The Bertz CT molecular complexity index is 689. The van der Waals surface area contributed by atoms with Crippen LogP contribution in [0.1, 0.15) is 24.8 Å². The number of hydrogen-bond donors (Lipinski definition) is 1. The summed E-state index contributed by atoms with van der Waals surface area (Å²) in [6, 6.07) is 2.05. The molecule has 5 nitrogen and oxygen atoms in total. The van der Waals surface area contributed by atoms with Crippen LogP contribution in [-0.4, -0.2) is 20.7 Å². The molecule has 22 heavy (non-hydrogen) atoms. The molecule has 1 aliphatic rings. The minimum atomic E-state index is 0.111. The molecule has 2 heterocycles. The number of allylic oxidation sites excluding steroid dienone is 2. The zero-order chi connectivity index (χ0) is 15.4. The van der Waals surface area contributed by atoms with Crippen LogP contribution < -0.4 is 5.32 Å². The quantitative estimate of drug-likeness (QED) is 0.882. The van der Waals surface area contributed by atoms with Gasteiger partial charge in [0, 0.05) is 49.2 Å². The van der Waals surface area contributed by atoms with E-state index in [1.54, 1.807) is 10.9 Å². The molecule has 1 amide bonds. The molecule has 0 radical (unpaired) electrons. The van der Waals surface area contributed by atoms with Gasteiger partial charge in [0.2, 0.25) is 5.91 Å². The first-order valence-electron chi connectivity index (χ1n) is 7.58. The zero-order valence-corrected chi connectivity index (χ0v) is 12.7. The van der Waals surface area contributed by atoms with Crippen molar-refractivity contribution in [1.29, 1.82) is 0 Å². The van der Waals surface area contributed by atoms with Crippen LogP contribution in [0.25, 0.3) is 11.1 Å². The van der Waals surface area contributed by atoms with E-state index in [1.807, 2.05) is 31.7 Å². The molecule has 0 aromatic carbocycles. The van der Waals surface area contributed by atoms with Crippen molar-refractivity contribution in [3.05, 3.63) is 48.6 Å². The van der Waals surface area contributed by atoms with Crippen LogP contribution in [0.5, 0.6) is 0 Å². The van der Waals surface area contributed by atoms with Crippen LogP contribution in [0.3, 0.4) is 0 Å². The van der Waals surface area contributed by atoms with Crippen LogP contribution in [0, 0.1) is 5.92 Å². The largest absolute Gasteiger partial charge is 0.352 e. The van der Waals surface area contributed by atoms with Crippen LogP contribution >= 0.6 is 0 Å². The Morgan fingerprint density at radius 1 is 1.32 bits per heavy atom. The number of aryl methyl sites for hydroxylation is 1.